The van der Waals surface area contributed by atoms with E-state index in [-0.39, 0.29) is 0 Å². The fraction of sp³-hybridized carbons (Fsp3) is 0.833. The molecule has 0 aromatic carbocycles. The van der Waals surface area contributed by atoms with E-state index in [1.807, 2.05) is 0 Å². The van der Waals surface area contributed by atoms with E-state index < -0.39 is 0 Å². The third-order valence-electron chi connectivity index (χ3n) is 2.36. The maximum Gasteiger partial charge on any atom is 0.0143 e. The van der Waals surface area contributed by atoms with Crippen molar-refractivity contribution in [2.45, 2.75) is 59.3 Å². The van der Waals surface area contributed by atoms with Gasteiger partial charge < -0.3 is 5.32 Å². The molecule has 78 valence electrons. The number of rotatable bonds is 8. The summed E-state index contributed by atoms with van der Waals surface area (Å²) in [6.07, 6.45) is 10.1. The van der Waals surface area contributed by atoms with E-state index in [9.17, 15) is 0 Å². The lowest BCUT2D eigenvalue weighted by Gasteiger charge is -2.07. The molecule has 0 saturated heterocycles. The van der Waals surface area contributed by atoms with Crippen LogP contribution in [0.4, 0.5) is 0 Å². The Kier molecular flexibility index (Phi) is 9.29. The van der Waals surface area contributed by atoms with Gasteiger partial charge in [0, 0.05) is 12.2 Å². The molecule has 0 atom stereocenters. The summed E-state index contributed by atoms with van der Waals surface area (Å²) >= 11 is 0. The van der Waals surface area contributed by atoms with Crippen LogP contribution in [-0.4, -0.2) is 6.54 Å². The summed E-state index contributed by atoms with van der Waals surface area (Å²) in [7, 11) is 0. The van der Waals surface area contributed by atoms with Crippen LogP contribution in [0.1, 0.15) is 59.3 Å². The summed E-state index contributed by atoms with van der Waals surface area (Å²) in [4.78, 5) is 0. The molecule has 0 heterocycles. The van der Waals surface area contributed by atoms with E-state index in [0.717, 1.165) is 13.0 Å². The molecule has 0 amide bonds. The second-order valence-corrected chi connectivity index (χ2v) is 3.51. The summed E-state index contributed by atoms with van der Waals surface area (Å²) in [5.41, 5.74) is 1.38. The van der Waals surface area contributed by atoms with Crippen molar-refractivity contribution < 1.29 is 0 Å². The summed E-state index contributed by atoms with van der Waals surface area (Å²) in [5.74, 6) is 0. The van der Waals surface area contributed by atoms with Crippen molar-refractivity contribution in [3.05, 3.63) is 11.8 Å². The Morgan fingerprint density at radius 3 is 2.31 bits per heavy atom. The molecule has 0 aliphatic rings. The minimum atomic E-state index is 1.13. The lowest BCUT2D eigenvalue weighted by Crippen LogP contribution is -2.13. The van der Waals surface area contributed by atoms with Crippen LogP contribution in [-0.2, 0) is 0 Å². The van der Waals surface area contributed by atoms with Crippen molar-refractivity contribution in [2.75, 3.05) is 6.54 Å². The average Bonchev–Trinajstić information content (AvgIpc) is 2.17. The van der Waals surface area contributed by atoms with Gasteiger partial charge in [0.05, 0.1) is 0 Å². The Morgan fingerprint density at radius 1 is 1.08 bits per heavy atom. The first kappa shape index (κ1) is 12.5. The first-order valence-corrected chi connectivity index (χ1v) is 5.74. The van der Waals surface area contributed by atoms with Gasteiger partial charge in [0.25, 0.3) is 0 Å². The minimum absolute atomic E-state index is 1.13. The standard InChI is InChI=1S/C12H25N/c1-4-7-8-9-10-11-13-12(5-2)6-3/h5,13H,4,6-11H2,1-3H3/b12-5+. The molecule has 1 heteroatoms. The van der Waals surface area contributed by atoms with Crippen LogP contribution in [0.5, 0.6) is 0 Å². The van der Waals surface area contributed by atoms with Gasteiger partial charge in [0.2, 0.25) is 0 Å². The summed E-state index contributed by atoms with van der Waals surface area (Å²) in [6.45, 7) is 7.70. The van der Waals surface area contributed by atoms with Gasteiger partial charge in [-0.2, -0.15) is 0 Å². The topological polar surface area (TPSA) is 12.0 Å². The highest BCUT2D eigenvalue weighted by atomic mass is 14.9. The molecule has 0 radical (unpaired) electrons. The van der Waals surface area contributed by atoms with Gasteiger partial charge in [0.15, 0.2) is 0 Å². The maximum absolute atomic E-state index is 3.46. The normalized spacial score (nSPS) is 11.8. The average molecular weight is 183 g/mol. The summed E-state index contributed by atoms with van der Waals surface area (Å²) in [5, 5.41) is 3.46. The molecule has 1 N–H and O–H groups in total. The Bertz CT molecular complexity index is 127. The Labute approximate surface area is 83.6 Å². The monoisotopic (exact) mass is 183 g/mol. The third-order valence-corrected chi connectivity index (χ3v) is 2.36. The molecule has 1 nitrogen and oxygen atoms in total. The van der Waals surface area contributed by atoms with Crippen LogP contribution >= 0.6 is 0 Å². The van der Waals surface area contributed by atoms with Crippen LogP contribution in [0.3, 0.4) is 0 Å². The lowest BCUT2D eigenvalue weighted by molar-refractivity contribution is 0.606. The molecule has 0 rings (SSSR count). The van der Waals surface area contributed by atoms with Crippen molar-refractivity contribution in [1.82, 2.24) is 5.32 Å². The smallest absolute Gasteiger partial charge is 0.0143 e. The van der Waals surface area contributed by atoms with E-state index >= 15 is 0 Å². The predicted octanol–water partition coefficient (Wildman–Crippen LogP) is 3.86. The molecular formula is C12H25N. The molecule has 13 heavy (non-hydrogen) atoms. The molecule has 0 aliphatic heterocycles. The number of allylic oxidation sites excluding steroid dienone is 2. The van der Waals surface area contributed by atoms with Gasteiger partial charge >= 0.3 is 0 Å². The van der Waals surface area contributed by atoms with E-state index in [2.05, 4.69) is 32.2 Å². The van der Waals surface area contributed by atoms with Gasteiger partial charge in [-0.3, -0.25) is 0 Å². The highest BCUT2D eigenvalue weighted by Crippen LogP contribution is 2.02. The Hall–Kier alpha value is -0.460. The van der Waals surface area contributed by atoms with Crippen LogP contribution in [0.25, 0.3) is 0 Å². The second-order valence-electron chi connectivity index (χ2n) is 3.51. The van der Waals surface area contributed by atoms with Crippen LogP contribution in [0.15, 0.2) is 11.8 Å². The third kappa shape index (κ3) is 7.89. The number of unbranched alkanes of at least 4 members (excludes halogenated alkanes) is 4. The van der Waals surface area contributed by atoms with Crippen molar-refractivity contribution >= 4 is 0 Å². The largest absolute Gasteiger partial charge is 0.389 e. The van der Waals surface area contributed by atoms with Gasteiger partial charge in [0.1, 0.15) is 0 Å². The van der Waals surface area contributed by atoms with Crippen LogP contribution in [0.2, 0.25) is 0 Å². The molecule has 0 unspecified atom stereocenters. The molecule has 0 spiro atoms. The van der Waals surface area contributed by atoms with Crippen LogP contribution < -0.4 is 5.32 Å². The van der Waals surface area contributed by atoms with Gasteiger partial charge in [-0.15, -0.1) is 0 Å². The van der Waals surface area contributed by atoms with Crippen LogP contribution in [0, 0.1) is 0 Å². The highest BCUT2D eigenvalue weighted by Gasteiger charge is 1.91. The van der Waals surface area contributed by atoms with Gasteiger partial charge in [-0.05, 0) is 19.8 Å². The minimum Gasteiger partial charge on any atom is -0.389 e. The lowest BCUT2D eigenvalue weighted by atomic mass is 10.1. The zero-order valence-corrected chi connectivity index (χ0v) is 9.53. The fourth-order valence-corrected chi connectivity index (χ4v) is 1.41. The molecular weight excluding hydrogens is 158 g/mol. The molecule has 0 aromatic rings. The fourth-order valence-electron chi connectivity index (χ4n) is 1.41. The molecule has 0 fully saturated rings. The molecule has 0 bridgehead atoms. The van der Waals surface area contributed by atoms with Crippen molar-refractivity contribution in [2.24, 2.45) is 0 Å². The van der Waals surface area contributed by atoms with E-state index in [0.29, 0.717) is 0 Å². The van der Waals surface area contributed by atoms with Crippen molar-refractivity contribution in [3.8, 4) is 0 Å². The number of nitrogens with one attached hydrogen (secondary N) is 1. The number of hydrogen-bond acceptors (Lipinski definition) is 1. The predicted molar refractivity (Wildman–Crippen MR) is 60.8 cm³/mol. The quantitative estimate of drug-likeness (QED) is 0.563. The number of hydrogen-bond donors (Lipinski definition) is 1. The second kappa shape index (κ2) is 9.63. The molecule has 0 saturated carbocycles. The SMILES string of the molecule is C/C=C(\CC)NCCCCCCC. The van der Waals surface area contributed by atoms with Gasteiger partial charge in [-0.25, -0.2) is 0 Å². The molecule has 0 aliphatic carbocycles. The van der Waals surface area contributed by atoms with Crippen molar-refractivity contribution in [3.63, 3.8) is 0 Å². The summed E-state index contributed by atoms with van der Waals surface area (Å²) < 4.78 is 0. The zero-order valence-electron chi connectivity index (χ0n) is 9.53. The van der Waals surface area contributed by atoms with Gasteiger partial charge in [-0.1, -0.05) is 45.6 Å². The first-order valence-electron chi connectivity index (χ1n) is 5.74. The van der Waals surface area contributed by atoms with E-state index in [4.69, 9.17) is 0 Å². The maximum atomic E-state index is 3.46. The van der Waals surface area contributed by atoms with E-state index in [1.165, 1.54) is 37.8 Å². The Morgan fingerprint density at radius 2 is 1.77 bits per heavy atom. The highest BCUT2D eigenvalue weighted by molar-refractivity contribution is 4.95. The zero-order chi connectivity index (χ0) is 9.94. The Balaban J connectivity index is 3.15. The molecule has 0 aromatic heterocycles. The van der Waals surface area contributed by atoms with Crippen molar-refractivity contribution in [1.29, 1.82) is 0 Å². The first-order chi connectivity index (χ1) is 6.35. The summed E-state index contributed by atoms with van der Waals surface area (Å²) in [6, 6.07) is 0. The van der Waals surface area contributed by atoms with E-state index in [1.54, 1.807) is 0 Å².